The zero-order chi connectivity index (χ0) is 14.5. The minimum Gasteiger partial charge on any atom is -0.185 e. The molecule has 118 valence electrons. The van der Waals surface area contributed by atoms with Crippen LogP contribution in [0, 0.1) is 9.72 Å². The fourth-order valence-electron chi connectivity index (χ4n) is 2.55. The molecule has 0 aromatic carbocycles. The number of aryl methyl sites for hydroxylation is 1. The van der Waals surface area contributed by atoms with E-state index in [-0.39, 0.29) is 0 Å². The molecule has 0 N–H and O–H groups in total. The van der Waals surface area contributed by atoms with Crippen molar-refractivity contribution in [1.29, 1.82) is 0 Å². The molecule has 0 aliphatic heterocycles. The molecule has 0 radical (unpaired) electrons. The van der Waals surface area contributed by atoms with E-state index in [4.69, 9.17) is 0 Å². The van der Waals surface area contributed by atoms with Crippen molar-refractivity contribution in [3.05, 3.63) is 16.2 Å². The van der Waals surface area contributed by atoms with Crippen LogP contribution >= 0.6 is 45.7 Å². The molecule has 0 amide bonds. The van der Waals surface area contributed by atoms with Gasteiger partial charge in [0.15, 0.2) is 0 Å². The van der Waals surface area contributed by atoms with Crippen LogP contribution in [0.2, 0.25) is 0 Å². The molecule has 2 saturated carbocycles. The maximum atomic E-state index is 2.41. The first-order chi connectivity index (χ1) is 9.58. The normalized spacial score (nSPS) is 19.9. The maximum absolute atomic E-state index is 2.41. The van der Waals surface area contributed by atoms with Crippen LogP contribution in [0.4, 0.5) is 0 Å². The Hall–Kier alpha value is 1.32. The molecule has 0 atom stereocenters. The van der Waals surface area contributed by atoms with Crippen LogP contribution < -0.4 is 0 Å². The van der Waals surface area contributed by atoms with Crippen molar-refractivity contribution in [3.8, 4) is 0 Å². The molecule has 2 fully saturated rings. The first-order valence-corrected chi connectivity index (χ1v) is 10.4. The molecule has 20 heavy (non-hydrogen) atoms. The van der Waals surface area contributed by atoms with Crippen molar-refractivity contribution >= 4 is 45.7 Å². The van der Waals surface area contributed by atoms with Gasteiger partial charge in [-0.3, -0.25) is 0 Å². The Kier molecular flexibility index (Phi) is 7.79. The van der Waals surface area contributed by atoms with E-state index in [1.165, 1.54) is 55.3 Å². The van der Waals surface area contributed by atoms with Gasteiger partial charge in [-0.25, -0.2) is 0 Å². The number of imidazole rings is 1. The van der Waals surface area contributed by atoms with Crippen LogP contribution in [0.25, 0.3) is 0 Å². The van der Waals surface area contributed by atoms with E-state index in [0.717, 1.165) is 12.0 Å². The third-order valence-electron chi connectivity index (χ3n) is 3.96. The summed E-state index contributed by atoms with van der Waals surface area (Å²) in [4.78, 5) is 0. The van der Waals surface area contributed by atoms with Crippen molar-refractivity contribution in [2.75, 3.05) is 0 Å². The van der Waals surface area contributed by atoms with Gasteiger partial charge in [0.2, 0.25) is 0 Å². The Bertz CT molecular complexity index is 459. The Morgan fingerprint density at radius 2 is 1.80 bits per heavy atom. The van der Waals surface area contributed by atoms with Crippen LogP contribution in [-0.4, -0.2) is 16.5 Å². The number of nitrogens with zero attached hydrogens (tertiary/aromatic N) is 3. The Labute approximate surface area is 160 Å². The maximum Gasteiger partial charge on any atom is 0.0311 e. The van der Waals surface area contributed by atoms with Gasteiger partial charge in [-0.05, 0) is 12.8 Å². The number of hydrogen-bond acceptors (Lipinski definition) is 1. The van der Waals surface area contributed by atoms with Crippen LogP contribution in [0.1, 0.15) is 44.9 Å². The van der Waals surface area contributed by atoms with E-state index < -0.39 is 0 Å². The van der Waals surface area contributed by atoms with Crippen molar-refractivity contribution in [2.45, 2.75) is 57.5 Å². The molecular weight excluding hydrogens is 659 g/mol. The fourth-order valence-corrected chi connectivity index (χ4v) is 4.21. The number of rotatable bonds is 3. The second-order valence-electron chi connectivity index (χ2n) is 5.80. The van der Waals surface area contributed by atoms with Crippen LogP contribution in [-0.2, 0) is 32.9 Å². The second kappa shape index (κ2) is 8.82. The molecule has 1 aromatic heterocycles. The third-order valence-corrected chi connectivity index (χ3v) is 6.99. The molecule has 3 rings (SSSR count). The molecule has 6 heteroatoms. The zero-order valence-corrected chi connectivity index (χ0v) is 18.5. The monoisotopic (exact) mass is 682 g/mol. The summed E-state index contributed by atoms with van der Waals surface area (Å²) in [7, 11) is 2.11. The molecule has 3 nitrogen and oxygen atoms in total. The predicted molar refractivity (Wildman–Crippen MR) is 96.1 cm³/mol. The van der Waals surface area contributed by atoms with Gasteiger partial charge in [0.1, 0.15) is 0 Å². The summed E-state index contributed by atoms with van der Waals surface area (Å²) in [5, 5.41) is 0. The molecular formula is C14H23I2N3Pt. The quantitative estimate of drug-likeness (QED) is 0.335. The first-order valence-electron chi connectivity index (χ1n) is 7.36. The second-order valence-corrected chi connectivity index (χ2v) is 10.7. The molecule has 1 aromatic rings. The summed E-state index contributed by atoms with van der Waals surface area (Å²) in [5.74, 6) is 0.921. The van der Waals surface area contributed by atoms with E-state index in [2.05, 4.69) is 95.0 Å². The molecule has 2 aliphatic rings. The Morgan fingerprint density at radius 3 is 2.20 bits per heavy atom. The van der Waals surface area contributed by atoms with Crippen LogP contribution in [0.3, 0.4) is 0 Å². The van der Waals surface area contributed by atoms with Gasteiger partial charge in [0.05, 0.1) is 0 Å². The average molecular weight is 682 g/mol. The summed E-state index contributed by atoms with van der Waals surface area (Å²) in [6.07, 6.45) is 14.4. The summed E-state index contributed by atoms with van der Waals surface area (Å²) < 4.78 is 8.13. The van der Waals surface area contributed by atoms with Crippen molar-refractivity contribution in [3.63, 3.8) is 0 Å². The van der Waals surface area contributed by atoms with Crippen LogP contribution in [0.15, 0.2) is 12.4 Å². The van der Waals surface area contributed by atoms with Gasteiger partial charge < -0.3 is 0 Å². The van der Waals surface area contributed by atoms with E-state index in [1.54, 1.807) is 0 Å². The van der Waals surface area contributed by atoms with Gasteiger partial charge in [0.25, 0.3) is 0 Å². The smallest absolute Gasteiger partial charge is 0.0311 e. The molecule has 1 heterocycles. The standard InChI is InChI=1S/C11H18N2.C3H5I2N.Pt/c1-12-7-8-13(10-12)9-11-5-3-2-4-6-11;4-6(5)3-1-2-3;/h7-8,11H,2-6,9H2,1H3;3H,1-2H2;. The Morgan fingerprint density at radius 1 is 1.15 bits per heavy atom. The van der Waals surface area contributed by atoms with Crippen molar-refractivity contribution in [1.82, 2.24) is 10.5 Å². The summed E-state index contributed by atoms with van der Waals surface area (Å²) >= 11 is 7.04. The molecule has 0 bridgehead atoms. The van der Waals surface area contributed by atoms with E-state index in [0.29, 0.717) is 0 Å². The molecule has 0 saturated heterocycles. The first kappa shape index (κ1) is 17.7. The van der Waals surface area contributed by atoms with Gasteiger partial charge >= 0.3 is 96.3 Å². The zero-order valence-electron chi connectivity index (χ0n) is 11.9. The third kappa shape index (κ3) is 5.84. The molecule has 0 unspecified atom stereocenters. The van der Waals surface area contributed by atoms with Gasteiger partial charge in [-0.15, -0.1) is 0 Å². The van der Waals surface area contributed by atoms with Gasteiger partial charge in [-0.2, -0.15) is 1.33 Å². The molecule has 2 aliphatic carbocycles. The number of aromatic nitrogens is 2. The SMILES string of the molecule is Cn1ccn(CC2CCCCC2)[c]1=[Pt].IN(I)C1CC1. The van der Waals surface area contributed by atoms with Crippen LogP contribution in [0.5, 0.6) is 0 Å². The van der Waals surface area contributed by atoms with E-state index in [9.17, 15) is 0 Å². The summed E-state index contributed by atoms with van der Waals surface area (Å²) in [5.41, 5.74) is 0. The largest absolute Gasteiger partial charge is 0.185 e. The minimum atomic E-state index is 0.909. The van der Waals surface area contributed by atoms with E-state index in [1.807, 2.05) is 0 Å². The van der Waals surface area contributed by atoms with Crippen molar-refractivity contribution < 1.29 is 19.4 Å². The number of hydrogen-bond donors (Lipinski definition) is 0. The summed E-state index contributed by atoms with van der Waals surface area (Å²) in [6.45, 7) is 1.22. The summed E-state index contributed by atoms with van der Waals surface area (Å²) in [6, 6.07) is 0.909. The Balaban J connectivity index is 0.000000205. The topological polar surface area (TPSA) is 13.1 Å². The fraction of sp³-hybridized carbons (Fsp3) is 0.786. The minimum absolute atomic E-state index is 0.909. The van der Waals surface area contributed by atoms with Gasteiger partial charge in [0, 0.05) is 51.8 Å². The molecule has 0 spiro atoms. The average Bonchev–Trinajstić information content (AvgIpc) is 3.24. The number of halogens is 2. The van der Waals surface area contributed by atoms with E-state index >= 15 is 0 Å². The predicted octanol–water partition coefficient (Wildman–Crippen LogP) is 4.64. The van der Waals surface area contributed by atoms with Gasteiger partial charge in [-0.1, -0.05) is 0 Å². The van der Waals surface area contributed by atoms with Crippen molar-refractivity contribution in [2.24, 2.45) is 13.0 Å².